The molecule has 0 bridgehead atoms. The van der Waals surface area contributed by atoms with Crippen LogP contribution >= 0.6 is 0 Å². The molecule has 144 valence electrons. The van der Waals surface area contributed by atoms with Crippen LogP contribution in [0.25, 0.3) is 0 Å². The Kier molecular flexibility index (Phi) is 5.01. The molecule has 1 amide bonds. The minimum absolute atomic E-state index is 0.0639. The predicted molar refractivity (Wildman–Crippen MR) is 110 cm³/mol. The zero-order valence-electron chi connectivity index (χ0n) is 16.3. The highest BCUT2D eigenvalue weighted by Crippen LogP contribution is 2.32. The van der Waals surface area contributed by atoms with Crippen LogP contribution in [0, 0.1) is 5.92 Å². The number of benzene rings is 2. The maximum absolute atomic E-state index is 13.4. The van der Waals surface area contributed by atoms with Crippen LogP contribution in [0.4, 0.5) is 0 Å². The lowest BCUT2D eigenvalue weighted by Gasteiger charge is -2.34. The molecule has 1 aliphatic rings. The third kappa shape index (κ3) is 3.45. The Labute approximate surface area is 165 Å². The summed E-state index contributed by atoms with van der Waals surface area (Å²) in [5.41, 5.74) is 2.65. The van der Waals surface area contributed by atoms with Gasteiger partial charge < -0.3 is 10.6 Å². The molecular weight excluding hydrogens is 348 g/mol. The summed E-state index contributed by atoms with van der Waals surface area (Å²) in [4.78, 5) is 13.4. The van der Waals surface area contributed by atoms with Crippen molar-refractivity contribution in [3.05, 3.63) is 89.7 Å². The number of nitrogens with zero attached hydrogens (tertiary/aromatic N) is 2. The van der Waals surface area contributed by atoms with Crippen molar-refractivity contribution in [1.29, 1.82) is 0 Å². The van der Waals surface area contributed by atoms with Gasteiger partial charge in [-0.05, 0) is 23.6 Å². The number of carbonyl (C=O) groups is 1. The van der Waals surface area contributed by atoms with E-state index < -0.39 is 5.54 Å². The molecule has 0 unspecified atom stereocenters. The summed E-state index contributed by atoms with van der Waals surface area (Å²) in [5.74, 6) is 0.0644. The summed E-state index contributed by atoms with van der Waals surface area (Å²) in [6.45, 7) is 3.54. The lowest BCUT2D eigenvalue weighted by atomic mass is 9.83. The molecule has 1 aliphatic heterocycles. The van der Waals surface area contributed by atoms with Gasteiger partial charge in [-0.15, -0.1) is 0 Å². The number of aryl methyl sites for hydroxylation is 1. The van der Waals surface area contributed by atoms with E-state index in [1.807, 2.05) is 55.8 Å². The summed E-state index contributed by atoms with van der Waals surface area (Å²) in [7, 11) is 1.91. The minimum atomic E-state index is -0.596. The van der Waals surface area contributed by atoms with Gasteiger partial charge in [-0.1, -0.05) is 60.7 Å². The highest BCUT2D eigenvalue weighted by Gasteiger charge is 2.39. The van der Waals surface area contributed by atoms with E-state index >= 15 is 0 Å². The Hall–Kier alpha value is -2.92. The number of amides is 1. The van der Waals surface area contributed by atoms with Gasteiger partial charge in [0.15, 0.2) is 0 Å². The van der Waals surface area contributed by atoms with Crippen LogP contribution in [0.1, 0.15) is 29.5 Å². The van der Waals surface area contributed by atoms with Gasteiger partial charge in [-0.25, -0.2) is 0 Å². The number of carbonyl (C=O) groups excluding carboxylic acids is 1. The fourth-order valence-corrected chi connectivity index (χ4v) is 4.13. The average molecular weight is 374 g/mol. The van der Waals surface area contributed by atoms with Crippen molar-refractivity contribution in [3.8, 4) is 0 Å². The molecule has 4 rings (SSSR count). The lowest BCUT2D eigenvalue weighted by Crippen LogP contribution is -2.48. The van der Waals surface area contributed by atoms with Gasteiger partial charge in [0, 0.05) is 32.3 Å². The number of rotatable bonds is 5. The molecule has 0 radical (unpaired) electrons. The molecule has 0 aliphatic carbocycles. The van der Waals surface area contributed by atoms with Gasteiger partial charge in [0.1, 0.15) is 0 Å². The third-order valence-corrected chi connectivity index (χ3v) is 5.78. The second-order valence-corrected chi connectivity index (χ2v) is 7.66. The molecule has 2 heterocycles. The molecule has 5 nitrogen and oxygen atoms in total. The Morgan fingerprint density at radius 2 is 1.68 bits per heavy atom. The molecule has 1 aromatic heterocycles. The van der Waals surface area contributed by atoms with E-state index in [2.05, 4.69) is 46.9 Å². The molecule has 2 aromatic carbocycles. The first-order chi connectivity index (χ1) is 13.6. The molecule has 2 atom stereocenters. The zero-order chi connectivity index (χ0) is 19.6. The molecule has 5 heteroatoms. The van der Waals surface area contributed by atoms with Crippen molar-refractivity contribution >= 4 is 5.91 Å². The second kappa shape index (κ2) is 7.60. The van der Waals surface area contributed by atoms with Crippen molar-refractivity contribution in [2.75, 3.05) is 13.1 Å². The average Bonchev–Trinajstić information content (AvgIpc) is 3.38. The van der Waals surface area contributed by atoms with Crippen molar-refractivity contribution in [1.82, 2.24) is 20.4 Å². The maximum atomic E-state index is 13.4. The highest BCUT2D eigenvalue weighted by molar-refractivity contribution is 5.82. The fourth-order valence-electron chi connectivity index (χ4n) is 4.13. The normalized spacial score (nSPS) is 19.5. The van der Waals surface area contributed by atoms with Crippen LogP contribution in [0.3, 0.4) is 0 Å². The Morgan fingerprint density at radius 1 is 1.07 bits per heavy atom. The standard InChI is InChI=1S/C23H26N4O/c1-23(18-9-5-3-6-10-18,19-11-7-4-8-12-19)26-22(28)21-15-24-14-20(21)17-13-25-27(2)16-17/h3-13,16,20-21,24H,14-15H2,1-2H3,(H,26,28)/t20-,21+/m1/s1. The molecule has 2 N–H and O–H groups in total. The van der Waals surface area contributed by atoms with Crippen LogP contribution in [-0.4, -0.2) is 28.8 Å². The Bertz CT molecular complexity index is 896. The second-order valence-electron chi connectivity index (χ2n) is 7.66. The van der Waals surface area contributed by atoms with Crippen LogP contribution in [0.5, 0.6) is 0 Å². The minimum Gasteiger partial charge on any atom is -0.342 e. The maximum Gasteiger partial charge on any atom is 0.226 e. The number of hydrogen-bond acceptors (Lipinski definition) is 3. The summed E-state index contributed by atoms with van der Waals surface area (Å²) in [5, 5.41) is 11.0. The number of hydrogen-bond donors (Lipinski definition) is 2. The van der Waals surface area contributed by atoms with Gasteiger partial charge in [0.25, 0.3) is 0 Å². The van der Waals surface area contributed by atoms with Crippen molar-refractivity contribution in [2.24, 2.45) is 13.0 Å². The van der Waals surface area contributed by atoms with Gasteiger partial charge >= 0.3 is 0 Å². The molecule has 0 saturated carbocycles. The first-order valence-electron chi connectivity index (χ1n) is 9.70. The fraction of sp³-hybridized carbons (Fsp3) is 0.304. The van der Waals surface area contributed by atoms with Crippen LogP contribution in [0.2, 0.25) is 0 Å². The summed E-state index contributed by atoms with van der Waals surface area (Å²) in [6.07, 6.45) is 3.87. The zero-order valence-corrected chi connectivity index (χ0v) is 16.3. The van der Waals surface area contributed by atoms with Gasteiger partial charge in [-0.3, -0.25) is 9.48 Å². The van der Waals surface area contributed by atoms with Crippen molar-refractivity contribution in [3.63, 3.8) is 0 Å². The van der Waals surface area contributed by atoms with Crippen molar-refractivity contribution < 1.29 is 4.79 Å². The smallest absolute Gasteiger partial charge is 0.226 e. The van der Waals surface area contributed by atoms with E-state index in [1.165, 1.54) is 0 Å². The molecule has 3 aromatic rings. The highest BCUT2D eigenvalue weighted by atomic mass is 16.2. The van der Waals surface area contributed by atoms with Gasteiger partial charge in [0.05, 0.1) is 17.7 Å². The first-order valence-corrected chi connectivity index (χ1v) is 9.70. The quantitative estimate of drug-likeness (QED) is 0.722. The molecule has 0 spiro atoms. The molecule has 1 fully saturated rings. The first kappa shape index (κ1) is 18.4. The van der Waals surface area contributed by atoms with E-state index in [1.54, 1.807) is 4.68 Å². The third-order valence-electron chi connectivity index (χ3n) is 5.78. The molecule has 1 saturated heterocycles. The number of nitrogens with one attached hydrogen (secondary N) is 2. The summed E-state index contributed by atoms with van der Waals surface area (Å²) < 4.78 is 1.79. The number of aromatic nitrogens is 2. The Morgan fingerprint density at radius 3 is 2.21 bits per heavy atom. The summed E-state index contributed by atoms with van der Waals surface area (Å²) in [6, 6.07) is 20.3. The van der Waals surface area contributed by atoms with Crippen LogP contribution < -0.4 is 10.6 Å². The van der Waals surface area contributed by atoms with E-state index in [4.69, 9.17) is 0 Å². The van der Waals surface area contributed by atoms with E-state index in [0.29, 0.717) is 6.54 Å². The van der Waals surface area contributed by atoms with E-state index in [-0.39, 0.29) is 17.7 Å². The molecule has 28 heavy (non-hydrogen) atoms. The molecular formula is C23H26N4O. The van der Waals surface area contributed by atoms with Gasteiger partial charge in [0.2, 0.25) is 5.91 Å². The van der Waals surface area contributed by atoms with E-state index in [0.717, 1.165) is 23.2 Å². The largest absolute Gasteiger partial charge is 0.342 e. The monoisotopic (exact) mass is 374 g/mol. The SMILES string of the molecule is Cn1cc([C@H]2CNC[C@@H]2C(=O)NC(C)(c2ccccc2)c2ccccc2)cn1. The van der Waals surface area contributed by atoms with Gasteiger partial charge in [-0.2, -0.15) is 5.10 Å². The van der Waals surface area contributed by atoms with Crippen LogP contribution in [-0.2, 0) is 17.4 Å². The topological polar surface area (TPSA) is 59.0 Å². The van der Waals surface area contributed by atoms with E-state index in [9.17, 15) is 4.79 Å². The summed E-state index contributed by atoms with van der Waals surface area (Å²) >= 11 is 0. The van der Waals surface area contributed by atoms with Crippen molar-refractivity contribution in [2.45, 2.75) is 18.4 Å². The Balaban J connectivity index is 1.64. The lowest BCUT2D eigenvalue weighted by molar-refractivity contribution is -0.126. The van der Waals surface area contributed by atoms with Crippen LogP contribution in [0.15, 0.2) is 73.1 Å². The predicted octanol–water partition coefficient (Wildman–Crippen LogP) is 2.80.